The van der Waals surface area contributed by atoms with Gasteiger partial charge in [0, 0.05) is 22.6 Å². The molecule has 0 radical (unpaired) electrons. The summed E-state index contributed by atoms with van der Waals surface area (Å²) >= 11 is 9.52. The van der Waals surface area contributed by atoms with Crippen molar-refractivity contribution in [3.8, 4) is 0 Å². The molecule has 0 bridgehead atoms. The van der Waals surface area contributed by atoms with Crippen molar-refractivity contribution in [2.24, 2.45) is 11.3 Å². The Balaban J connectivity index is 2.06. The first-order chi connectivity index (χ1) is 9.80. The molecular weight excluding hydrogens is 354 g/mol. The average Bonchev–Trinajstić information content (AvgIpc) is 2.42. The Kier molecular flexibility index (Phi) is 5.33. The molecule has 1 aromatic rings. The van der Waals surface area contributed by atoms with E-state index in [1.54, 1.807) is 0 Å². The molecule has 0 aromatic heterocycles. The topological polar surface area (TPSA) is 40.5 Å². The van der Waals surface area contributed by atoms with Crippen LogP contribution in [0.3, 0.4) is 0 Å². The largest absolute Gasteiger partial charge is 0.481 e. The zero-order chi connectivity index (χ0) is 15.6. The van der Waals surface area contributed by atoms with Crippen LogP contribution in [0, 0.1) is 11.3 Å². The van der Waals surface area contributed by atoms with Gasteiger partial charge in [-0.15, -0.1) is 0 Å². The van der Waals surface area contributed by atoms with Crippen LogP contribution < -0.4 is 0 Å². The Morgan fingerprint density at radius 2 is 2.24 bits per heavy atom. The fraction of sp³-hybridized carbons (Fsp3) is 0.562. The maximum absolute atomic E-state index is 11.4. The number of nitrogens with zero attached hydrogens (tertiary/aromatic N) is 1. The second kappa shape index (κ2) is 6.67. The van der Waals surface area contributed by atoms with Crippen molar-refractivity contribution in [3.05, 3.63) is 33.3 Å². The van der Waals surface area contributed by atoms with Crippen LogP contribution in [0.1, 0.15) is 32.3 Å². The van der Waals surface area contributed by atoms with Gasteiger partial charge in [-0.2, -0.15) is 0 Å². The lowest BCUT2D eigenvalue weighted by Gasteiger charge is -2.39. The monoisotopic (exact) mass is 373 g/mol. The number of piperidine rings is 1. The molecule has 1 N–H and O–H groups in total. The predicted octanol–water partition coefficient (Wildman–Crippen LogP) is 4.43. The first-order valence-corrected chi connectivity index (χ1v) is 8.37. The van der Waals surface area contributed by atoms with Crippen LogP contribution in [-0.4, -0.2) is 29.1 Å². The Morgan fingerprint density at radius 1 is 1.52 bits per heavy atom. The minimum absolute atomic E-state index is 0.190. The number of likely N-dealkylation sites (tertiary alicyclic amines) is 1. The summed E-state index contributed by atoms with van der Waals surface area (Å²) in [5.74, 6) is -0.517. The standard InChI is InChI=1S/C16H21BrClNO2/c1-16(2,15(20)21)12-4-3-7-19(10-12)9-11-5-6-13(18)8-14(11)17/h5-6,8,12H,3-4,7,9-10H2,1-2H3,(H,20,21). The molecule has 1 aliphatic heterocycles. The number of rotatable bonds is 4. The van der Waals surface area contributed by atoms with E-state index in [0.717, 1.165) is 36.9 Å². The van der Waals surface area contributed by atoms with Crippen molar-refractivity contribution in [2.75, 3.05) is 13.1 Å². The summed E-state index contributed by atoms with van der Waals surface area (Å²) in [6.45, 7) is 6.34. The summed E-state index contributed by atoms with van der Waals surface area (Å²) in [7, 11) is 0. The number of benzene rings is 1. The van der Waals surface area contributed by atoms with Crippen molar-refractivity contribution in [3.63, 3.8) is 0 Å². The molecule has 1 atom stereocenters. The third-order valence-electron chi connectivity index (χ3n) is 4.49. The SMILES string of the molecule is CC(C)(C(=O)O)C1CCCN(Cc2ccc(Cl)cc2Br)C1. The zero-order valence-corrected chi connectivity index (χ0v) is 14.7. The molecule has 0 spiro atoms. The summed E-state index contributed by atoms with van der Waals surface area (Å²) in [5, 5.41) is 10.1. The highest BCUT2D eigenvalue weighted by molar-refractivity contribution is 9.10. The molecule has 116 valence electrons. The van der Waals surface area contributed by atoms with Gasteiger partial charge >= 0.3 is 5.97 Å². The summed E-state index contributed by atoms with van der Waals surface area (Å²) in [4.78, 5) is 13.8. The third-order valence-corrected chi connectivity index (χ3v) is 5.46. The molecule has 5 heteroatoms. The second-order valence-corrected chi connectivity index (χ2v) is 7.63. The van der Waals surface area contributed by atoms with Crippen LogP contribution in [0.5, 0.6) is 0 Å². The van der Waals surface area contributed by atoms with Crippen molar-refractivity contribution < 1.29 is 9.90 Å². The first-order valence-electron chi connectivity index (χ1n) is 7.20. The molecule has 21 heavy (non-hydrogen) atoms. The van der Waals surface area contributed by atoms with Crippen molar-refractivity contribution in [2.45, 2.75) is 33.2 Å². The maximum atomic E-state index is 11.4. The van der Waals surface area contributed by atoms with Crippen LogP contribution in [0.4, 0.5) is 0 Å². The van der Waals surface area contributed by atoms with Crippen LogP contribution in [0.25, 0.3) is 0 Å². The average molecular weight is 375 g/mol. The highest BCUT2D eigenvalue weighted by atomic mass is 79.9. The van der Waals surface area contributed by atoms with E-state index in [4.69, 9.17) is 11.6 Å². The number of carboxylic acid groups (broad SMARTS) is 1. The number of hydrogen-bond donors (Lipinski definition) is 1. The minimum atomic E-state index is -0.706. The number of carbonyl (C=O) groups is 1. The molecule has 1 fully saturated rings. The number of hydrogen-bond acceptors (Lipinski definition) is 2. The van der Waals surface area contributed by atoms with Crippen LogP contribution in [-0.2, 0) is 11.3 Å². The normalized spacial score (nSPS) is 20.5. The van der Waals surface area contributed by atoms with Gasteiger partial charge in [0.2, 0.25) is 0 Å². The van der Waals surface area contributed by atoms with Gasteiger partial charge in [-0.1, -0.05) is 33.6 Å². The fourth-order valence-electron chi connectivity index (χ4n) is 2.85. The molecule has 0 saturated carbocycles. The third kappa shape index (κ3) is 3.99. The van der Waals surface area contributed by atoms with E-state index < -0.39 is 11.4 Å². The van der Waals surface area contributed by atoms with Crippen LogP contribution in [0.2, 0.25) is 5.02 Å². The maximum Gasteiger partial charge on any atom is 0.309 e. The smallest absolute Gasteiger partial charge is 0.309 e. The van der Waals surface area contributed by atoms with E-state index >= 15 is 0 Å². The van der Waals surface area contributed by atoms with Gasteiger partial charge in [-0.25, -0.2) is 0 Å². The summed E-state index contributed by atoms with van der Waals surface area (Å²) < 4.78 is 1.01. The predicted molar refractivity (Wildman–Crippen MR) is 88.6 cm³/mol. The van der Waals surface area contributed by atoms with Crippen molar-refractivity contribution in [1.29, 1.82) is 0 Å². The van der Waals surface area contributed by atoms with Crippen molar-refractivity contribution >= 4 is 33.5 Å². The first kappa shape index (κ1) is 16.8. The Hall–Kier alpha value is -0.580. The van der Waals surface area contributed by atoms with Crippen LogP contribution in [0.15, 0.2) is 22.7 Å². The molecule has 1 heterocycles. The van der Waals surface area contributed by atoms with Crippen molar-refractivity contribution in [1.82, 2.24) is 4.90 Å². The van der Waals surface area contributed by atoms with E-state index in [1.807, 2.05) is 32.0 Å². The number of halogens is 2. The molecule has 1 aromatic carbocycles. The molecule has 0 amide bonds. The summed E-state index contributed by atoms with van der Waals surface area (Å²) in [5.41, 5.74) is 0.517. The molecule has 3 nitrogen and oxygen atoms in total. The molecule has 1 aliphatic rings. The van der Waals surface area contributed by atoms with Gasteiger partial charge < -0.3 is 5.11 Å². The molecule has 1 unspecified atom stereocenters. The summed E-state index contributed by atoms with van der Waals surface area (Å²) in [6.07, 6.45) is 2.03. The molecule has 1 saturated heterocycles. The zero-order valence-electron chi connectivity index (χ0n) is 12.4. The quantitative estimate of drug-likeness (QED) is 0.848. The lowest BCUT2D eigenvalue weighted by atomic mass is 9.74. The lowest BCUT2D eigenvalue weighted by Crippen LogP contribution is -2.44. The van der Waals surface area contributed by atoms with E-state index in [0.29, 0.717) is 5.02 Å². The summed E-state index contributed by atoms with van der Waals surface area (Å²) in [6, 6.07) is 5.82. The highest BCUT2D eigenvalue weighted by Crippen LogP contribution is 2.35. The van der Waals surface area contributed by atoms with Gasteiger partial charge in [0.25, 0.3) is 0 Å². The molecular formula is C16H21BrClNO2. The molecule has 0 aliphatic carbocycles. The van der Waals surface area contributed by atoms with E-state index in [1.165, 1.54) is 5.56 Å². The van der Waals surface area contributed by atoms with Gasteiger partial charge in [0.1, 0.15) is 0 Å². The second-order valence-electron chi connectivity index (χ2n) is 6.34. The van der Waals surface area contributed by atoms with Crippen LogP contribution >= 0.6 is 27.5 Å². The number of carboxylic acids is 1. The fourth-order valence-corrected chi connectivity index (χ4v) is 3.66. The Labute approximate surface area is 139 Å². The lowest BCUT2D eigenvalue weighted by molar-refractivity contribution is -0.151. The van der Waals surface area contributed by atoms with Gasteiger partial charge in [0.05, 0.1) is 5.41 Å². The van der Waals surface area contributed by atoms with E-state index in [2.05, 4.69) is 20.8 Å². The molecule has 2 rings (SSSR count). The highest BCUT2D eigenvalue weighted by Gasteiger charge is 2.39. The van der Waals surface area contributed by atoms with E-state index in [9.17, 15) is 9.90 Å². The van der Waals surface area contributed by atoms with Gasteiger partial charge in [-0.3, -0.25) is 9.69 Å². The van der Waals surface area contributed by atoms with Gasteiger partial charge in [0.15, 0.2) is 0 Å². The Bertz CT molecular complexity index is 533. The minimum Gasteiger partial charge on any atom is -0.481 e. The van der Waals surface area contributed by atoms with E-state index in [-0.39, 0.29) is 5.92 Å². The Morgan fingerprint density at radius 3 is 2.86 bits per heavy atom. The van der Waals surface area contributed by atoms with Gasteiger partial charge in [-0.05, 0) is 56.8 Å². The number of aliphatic carboxylic acids is 1.